The van der Waals surface area contributed by atoms with E-state index in [9.17, 15) is 4.79 Å². The number of thiazole rings is 1. The van der Waals surface area contributed by atoms with Crippen molar-refractivity contribution in [1.82, 2.24) is 9.88 Å². The van der Waals surface area contributed by atoms with Crippen LogP contribution in [0.25, 0.3) is 0 Å². The molecule has 3 rings (SSSR count). The number of piperidine rings is 1. The van der Waals surface area contributed by atoms with Crippen LogP contribution in [-0.4, -0.2) is 29.4 Å². The van der Waals surface area contributed by atoms with Crippen LogP contribution in [0.5, 0.6) is 0 Å². The van der Waals surface area contributed by atoms with Crippen molar-refractivity contribution in [2.24, 2.45) is 0 Å². The van der Waals surface area contributed by atoms with Gasteiger partial charge in [-0.15, -0.1) is 11.3 Å². The number of aromatic nitrogens is 1. The third-order valence-corrected chi connectivity index (χ3v) is 5.17. The van der Waals surface area contributed by atoms with Crippen LogP contribution >= 0.6 is 11.3 Å². The summed E-state index contributed by atoms with van der Waals surface area (Å²) in [6.07, 6.45) is 5.11. The molecule has 1 amide bonds. The number of carbonyl (C=O) groups excluding carboxylic acids is 1. The van der Waals surface area contributed by atoms with Gasteiger partial charge in [0.05, 0.1) is 10.7 Å². The van der Waals surface area contributed by atoms with Crippen LogP contribution in [0.2, 0.25) is 0 Å². The number of likely N-dealkylation sites (tertiary alicyclic amines) is 1. The molecule has 1 aliphatic heterocycles. The van der Waals surface area contributed by atoms with Gasteiger partial charge in [-0.3, -0.25) is 4.79 Å². The minimum atomic E-state index is 0.539. The molecule has 4 heteroatoms. The molecule has 1 aromatic heterocycles. The molecule has 0 saturated carbocycles. The van der Waals surface area contributed by atoms with Crippen molar-refractivity contribution in [3.8, 4) is 0 Å². The van der Waals surface area contributed by atoms with E-state index in [-0.39, 0.29) is 0 Å². The summed E-state index contributed by atoms with van der Waals surface area (Å²) in [5.41, 5.74) is 2.57. The Kier molecular flexibility index (Phi) is 4.65. The number of rotatable bonds is 5. The molecule has 1 aliphatic rings. The van der Waals surface area contributed by atoms with E-state index in [2.05, 4.69) is 35.7 Å². The third kappa shape index (κ3) is 3.70. The zero-order chi connectivity index (χ0) is 14.5. The molecule has 0 bridgehead atoms. The molecule has 21 heavy (non-hydrogen) atoms. The lowest BCUT2D eigenvalue weighted by Gasteiger charge is -2.27. The van der Waals surface area contributed by atoms with Crippen molar-refractivity contribution in [3.05, 3.63) is 52.0 Å². The lowest BCUT2D eigenvalue weighted by atomic mass is 9.98. The number of nitrogens with zero attached hydrogens (tertiary/aromatic N) is 2. The SMILES string of the molecule is O=CN1CCC(c2nc(CCc3ccccc3)cs2)CC1. The lowest BCUT2D eigenvalue weighted by Crippen LogP contribution is -2.31. The first-order chi connectivity index (χ1) is 10.3. The highest BCUT2D eigenvalue weighted by Gasteiger charge is 2.22. The number of aryl methyl sites for hydroxylation is 2. The molecule has 1 aromatic carbocycles. The number of amides is 1. The zero-order valence-electron chi connectivity index (χ0n) is 12.1. The Morgan fingerprint density at radius 2 is 1.95 bits per heavy atom. The van der Waals surface area contributed by atoms with Crippen molar-refractivity contribution in [3.63, 3.8) is 0 Å². The zero-order valence-corrected chi connectivity index (χ0v) is 12.9. The first kappa shape index (κ1) is 14.3. The average Bonchev–Trinajstić information content (AvgIpc) is 3.03. The quantitative estimate of drug-likeness (QED) is 0.794. The Morgan fingerprint density at radius 3 is 2.67 bits per heavy atom. The van der Waals surface area contributed by atoms with Gasteiger partial charge in [-0.1, -0.05) is 30.3 Å². The fraction of sp³-hybridized carbons (Fsp3) is 0.412. The normalized spacial score (nSPS) is 16.1. The summed E-state index contributed by atoms with van der Waals surface area (Å²) in [4.78, 5) is 17.4. The molecule has 3 nitrogen and oxygen atoms in total. The number of hydrogen-bond acceptors (Lipinski definition) is 3. The Balaban J connectivity index is 1.55. The molecule has 0 unspecified atom stereocenters. The molecule has 0 aliphatic carbocycles. The fourth-order valence-electron chi connectivity index (χ4n) is 2.79. The van der Waals surface area contributed by atoms with Crippen LogP contribution in [0.3, 0.4) is 0 Å². The van der Waals surface area contributed by atoms with E-state index in [0.29, 0.717) is 5.92 Å². The van der Waals surface area contributed by atoms with Crippen molar-refractivity contribution in [1.29, 1.82) is 0 Å². The molecular weight excluding hydrogens is 280 g/mol. The maximum atomic E-state index is 10.7. The van der Waals surface area contributed by atoms with Gasteiger partial charge >= 0.3 is 0 Å². The topological polar surface area (TPSA) is 33.2 Å². The predicted molar refractivity (Wildman–Crippen MR) is 85.6 cm³/mol. The highest BCUT2D eigenvalue weighted by molar-refractivity contribution is 7.09. The standard InChI is InChI=1S/C17H20N2OS/c20-13-19-10-8-15(9-11-19)17-18-16(12-21-17)7-6-14-4-2-1-3-5-14/h1-5,12-13,15H,6-11H2. The van der Waals surface area contributed by atoms with E-state index in [1.165, 1.54) is 16.3 Å². The molecule has 0 N–H and O–H groups in total. The molecule has 0 atom stereocenters. The van der Waals surface area contributed by atoms with Crippen molar-refractivity contribution in [2.45, 2.75) is 31.6 Å². The smallest absolute Gasteiger partial charge is 0.209 e. The highest BCUT2D eigenvalue weighted by Crippen LogP contribution is 2.30. The number of carbonyl (C=O) groups is 1. The van der Waals surface area contributed by atoms with Crippen LogP contribution in [0.1, 0.15) is 35.0 Å². The van der Waals surface area contributed by atoms with Gasteiger partial charge in [0.25, 0.3) is 0 Å². The molecule has 2 heterocycles. The second kappa shape index (κ2) is 6.85. The van der Waals surface area contributed by atoms with Gasteiger partial charge in [0.15, 0.2) is 0 Å². The van der Waals surface area contributed by atoms with Crippen LogP contribution in [-0.2, 0) is 17.6 Å². The molecule has 1 saturated heterocycles. The van der Waals surface area contributed by atoms with E-state index in [4.69, 9.17) is 4.98 Å². The summed E-state index contributed by atoms with van der Waals surface area (Å²) < 4.78 is 0. The summed E-state index contributed by atoms with van der Waals surface area (Å²) in [6.45, 7) is 1.74. The van der Waals surface area contributed by atoms with Crippen LogP contribution in [0.4, 0.5) is 0 Å². The Hall–Kier alpha value is -1.68. The fourth-order valence-corrected chi connectivity index (χ4v) is 3.82. The second-order valence-corrected chi connectivity index (χ2v) is 6.47. The maximum Gasteiger partial charge on any atom is 0.209 e. The summed E-state index contributed by atoms with van der Waals surface area (Å²) in [6, 6.07) is 10.6. The third-order valence-electron chi connectivity index (χ3n) is 4.11. The van der Waals surface area contributed by atoms with Gasteiger partial charge in [-0.05, 0) is 31.2 Å². The first-order valence-electron chi connectivity index (χ1n) is 7.53. The van der Waals surface area contributed by atoms with E-state index >= 15 is 0 Å². The minimum Gasteiger partial charge on any atom is -0.345 e. The van der Waals surface area contributed by atoms with Crippen molar-refractivity contribution < 1.29 is 4.79 Å². The van der Waals surface area contributed by atoms with Gasteiger partial charge in [0.1, 0.15) is 0 Å². The molecular formula is C17H20N2OS. The Bertz CT molecular complexity index is 573. The minimum absolute atomic E-state index is 0.539. The second-order valence-electron chi connectivity index (χ2n) is 5.58. The Labute approximate surface area is 129 Å². The van der Waals surface area contributed by atoms with Crippen LogP contribution < -0.4 is 0 Å². The van der Waals surface area contributed by atoms with Crippen molar-refractivity contribution in [2.75, 3.05) is 13.1 Å². The Morgan fingerprint density at radius 1 is 1.19 bits per heavy atom. The van der Waals surface area contributed by atoms with E-state index in [1.54, 1.807) is 11.3 Å². The molecule has 110 valence electrons. The number of benzene rings is 1. The van der Waals surface area contributed by atoms with Gasteiger partial charge in [0, 0.05) is 24.4 Å². The average molecular weight is 300 g/mol. The molecule has 2 aromatic rings. The maximum absolute atomic E-state index is 10.7. The first-order valence-corrected chi connectivity index (χ1v) is 8.40. The van der Waals surface area contributed by atoms with Gasteiger partial charge in [0.2, 0.25) is 6.41 Å². The summed E-state index contributed by atoms with van der Waals surface area (Å²) >= 11 is 1.78. The molecule has 1 fully saturated rings. The highest BCUT2D eigenvalue weighted by atomic mass is 32.1. The molecule has 0 spiro atoms. The lowest BCUT2D eigenvalue weighted by molar-refractivity contribution is -0.119. The van der Waals surface area contributed by atoms with Gasteiger partial charge in [-0.2, -0.15) is 0 Å². The van der Waals surface area contributed by atoms with Gasteiger partial charge < -0.3 is 4.90 Å². The van der Waals surface area contributed by atoms with Crippen LogP contribution in [0.15, 0.2) is 35.7 Å². The van der Waals surface area contributed by atoms with E-state index in [0.717, 1.165) is 45.2 Å². The van der Waals surface area contributed by atoms with E-state index in [1.807, 2.05) is 4.90 Å². The van der Waals surface area contributed by atoms with Crippen LogP contribution in [0, 0.1) is 0 Å². The van der Waals surface area contributed by atoms with E-state index < -0.39 is 0 Å². The summed E-state index contributed by atoms with van der Waals surface area (Å²) in [5.74, 6) is 0.539. The monoisotopic (exact) mass is 300 g/mol. The molecule has 0 radical (unpaired) electrons. The largest absolute Gasteiger partial charge is 0.345 e. The van der Waals surface area contributed by atoms with Gasteiger partial charge in [-0.25, -0.2) is 4.98 Å². The number of hydrogen-bond donors (Lipinski definition) is 0. The van der Waals surface area contributed by atoms with Crippen molar-refractivity contribution >= 4 is 17.7 Å². The summed E-state index contributed by atoms with van der Waals surface area (Å²) in [5, 5.41) is 3.45. The summed E-state index contributed by atoms with van der Waals surface area (Å²) in [7, 11) is 0. The predicted octanol–water partition coefficient (Wildman–Crippen LogP) is 3.26.